The molecule has 0 aliphatic carbocycles. The first-order valence-electron chi connectivity index (χ1n) is 3.90. The van der Waals surface area contributed by atoms with Gasteiger partial charge in [-0.05, 0) is 6.92 Å². The fourth-order valence-electron chi connectivity index (χ4n) is 0.622. The third-order valence-electron chi connectivity index (χ3n) is 1.30. The topological polar surface area (TPSA) is 63.6 Å². The molecule has 0 unspecified atom stereocenters. The third-order valence-corrected chi connectivity index (χ3v) is 1.30. The zero-order chi connectivity index (χ0) is 11.0. The van der Waals surface area contributed by atoms with Crippen LogP contribution >= 0.6 is 0 Å². The average molecular weight is 196 g/mol. The lowest BCUT2D eigenvalue weighted by Crippen LogP contribution is -2.13. The SMILES string of the molecule is COC(=O)C(=O)O.Cc1ccccc1. The highest BCUT2D eigenvalue weighted by molar-refractivity contribution is 6.28. The number of hydrogen-bond donors (Lipinski definition) is 1. The molecular formula is C10H12O4. The van der Waals surface area contributed by atoms with Crippen molar-refractivity contribution < 1.29 is 19.4 Å². The number of aryl methyl sites for hydroxylation is 1. The first-order chi connectivity index (χ1) is 6.57. The van der Waals surface area contributed by atoms with Gasteiger partial charge in [-0.1, -0.05) is 35.9 Å². The van der Waals surface area contributed by atoms with Crippen molar-refractivity contribution in [1.82, 2.24) is 0 Å². The predicted octanol–water partition coefficient (Wildman–Crippen LogP) is 1.24. The minimum Gasteiger partial charge on any atom is -0.473 e. The van der Waals surface area contributed by atoms with Crippen LogP contribution in [0, 0.1) is 6.92 Å². The van der Waals surface area contributed by atoms with Gasteiger partial charge in [0.25, 0.3) is 0 Å². The second kappa shape index (κ2) is 6.65. The van der Waals surface area contributed by atoms with Gasteiger partial charge >= 0.3 is 11.9 Å². The minimum absolute atomic E-state index is 1.01. The Bertz CT molecular complexity index is 292. The van der Waals surface area contributed by atoms with Gasteiger partial charge in [0.1, 0.15) is 0 Å². The lowest BCUT2D eigenvalue weighted by molar-refractivity contribution is -0.161. The van der Waals surface area contributed by atoms with Crippen molar-refractivity contribution >= 4 is 11.9 Å². The van der Waals surface area contributed by atoms with Crippen LogP contribution in [0.25, 0.3) is 0 Å². The molecule has 0 saturated heterocycles. The summed E-state index contributed by atoms with van der Waals surface area (Å²) in [7, 11) is 1.01. The molecule has 0 aliphatic heterocycles. The zero-order valence-corrected chi connectivity index (χ0v) is 8.06. The van der Waals surface area contributed by atoms with E-state index in [1.807, 2.05) is 18.2 Å². The minimum atomic E-state index is -1.57. The smallest absolute Gasteiger partial charge is 0.417 e. The van der Waals surface area contributed by atoms with Gasteiger partial charge in [0, 0.05) is 0 Å². The Labute approximate surface area is 82.1 Å². The number of ether oxygens (including phenoxy) is 1. The quantitative estimate of drug-likeness (QED) is 0.501. The van der Waals surface area contributed by atoms with Crippen LogP contribution in [-0.4, -0.2) is 24.2 Å². The highest BCUT2D eigenvalue weighted by atomic mass is 16.5. The number of esters is 1. The summed E-state index contributed by atoms with van der Waals surface area (Å²) in [5.41, 5.74) is 1.32. The number of carboxylic acids is 1. The van der Waals surface area contributed by atoms with Gasteiger partial charge < -0.3 is 9.84 Å². The largest absolute Gasteiger partial charge is 0.473 e. The Morgan fingerprint density at radius 1 is 1.21 bits per heavy atom. The fraction of sp³-hybridized carbons (Fsp3) is 0.200. The molecule has 4 nitrogen and oxygen atoms in total. The van der Waals surface area contributed by atoms with E-state index in [1.165, 1.54) is 5.56 Å². The molecule has 1 aromatic rings. The van der Waals surface area contributed by atoms with Crippen molar-refractivity contribution in [3.63, 3.8) is 0 Å². The Morgan fingerprint density at radius 3 is 1.86 bits per heavy atom. The summed E-state index contributed by atoms with van der Waals surface area (Å²) in [6, 6.07) is 10.3. The van der Waals surface area contributed by atoms with Gasteiger partial charge in [-0.15, -0.1) is 0 Å². The molecule has 0 saturated carbocycles. The molecule has 14 heavy (non-hydrogen) atoms. The summed E-state index contributed by atoms with van der Waals surface area (Å²) in [6.45, 7) is 2.08. The van der Waals surface area contributed by atoms with Crippen LogP contribution < -0.4 is 0 Å². The van der Waals surface area contributed by atoms with Crippen molar-refractivity contribution in [2.24, 2.45) is 0 Å². The Balaban J connectivity index is 0.000000241. The number of hydrogen-bond acceptors (Lipinski definition) is 3. The van der Waals surface area contributed by atoms with E-state index < -0.39 is 11.9 Å². The molecule has 76 valence electrons. The summed E-state index contributed by atoms with van der Waals surface area (Å²) >= 11 is 0. The van der Waals surface area contributed by atoms with Crippen LogP contribution in [-0.2, 0) is 14.3 Å². The number of carboxylic acid groups (broad SMARTS) is 1. The fourth-order valence-corrected chi connectivity index (χ4v) is 0.622. The number of aliphatic carboxylic acids is 1. The van der Waals surface area contributed by atoms with Gasteiger partial charge in [-0.25, -0.2) is 9.59 Å². The lowest BCUT2D eigenvalue weighted by Gasteiger charge is -1.85. The normalized spacial score (nSPS) is 8.14. The Kier molecular flexibility index (Phi) is 5.78. The summed E-state index contributed by atoms with van der Waals surface area (Å²) in [5.74, 6) is -2.80. The number of carbonyl (C=O) groups excluding carboxylic acids is 1. The molecule has 1 rings (SSSR count). The van der Waals surface area contributed by atoms with E-state index in [0.29, 0.717) is 0 Å². The summed E-state index contributed by atoms with van der Waals surface area (Å²) in [5, 5.41) is 7.71. The molecule has 0 atom stereocenters. The zero-order valence-electron chi connectivity index (χ0n) is 8.06. The van der Waals surface area contributed by atoms with Crippen molar-refractivity contribution in [1.29, 1.82) is 0 Å². The van der Waals surface area contributed by atoms with Gasteiger partial charge in [-0.3, -0.25) is 0 Å². The maximum Gasteiger partial charge on any atom is 0.417 e. The maximum atomic E-state index is 9.69. The molecular weight excluding hydrogens is 184 g/mol. The third kappa shape index (κ3) is 5.77. The summed E-state index contributed by atoms with van der Waals surface area (Å²) in [4.78, 5) is 19.1. The van der Waals surface area contributed by atoms with Gasteiger partial charge in [0.05, 0.1) is 7.11 Å². The van der Waals surface area contributed by atoms with Crippen LogP contribution in [0.4, 0.5) is 0 Å². The van der Waals surface area contributed by atoms with Gasteiger partial charge in [-0.2, -0.15) is 0 Å². The lowest BCUT2D eigenvalue weighted by atomic mass is 10.2. The predicted molar refractivity (Wildman–Crippen MR) is 50.8 cm³/mol. The molecule has 0 aliphatic rings. The van der Waals surface area contributed by atoms with Crippen LogP contribution in [0.2, 0.25) is 0 Å². The number of carbonyl (C=O) groups is 2. The molecule has 0 fully saturated rings. The van der Waals surface area contributed by atoms with Crippen LogP contribution in [0.15, 0.2) is 30.3 Å². The second-order valence-electron chi connectivity index (χ2n) is 2.45. The average Bonchev–Trinajstić information content (AvgIpc) is 2.18. The van der Waals surface area contributed by atoms with Crippen LogP contribution in [0.5, 0.6) is 0 Å². The molecule has 1 N–H and O–H groups in total. The van der Waals surface area contributed by atoms with Crippen molar-refractivity contribution in [2.75, 3.05) is 7.11 Å². The van der Waals surface area contributed by atoms with Crippen molar-refractivity contribution in [3.05, 3.63) is 35.9 Å². The molecule has 0 heterocycles. The molecule has 0 radical (unpaired) electrons. The van der Waals surface area contributed by atoms with E-state index in [-0.39, 0.29) is 0 Å². The van der Waals surface area contributed by atoms with E-state index in [4.69, 9.17) is 5.11 Å². The Hall–Kier alpha value is -1.84. The Morgan fingerprint density at radius 2 is 1.71 bits per heavy atom. The maximum absolute atomic E-state index is 9.69. The summed E-state index contributed by atoms with van der Waals surface area (Å²) < 4.78 is 3.77. The van der Waals surface area contributed by atoms with Gasteiger partial charge in [0.15, 0.2) is 0 Å². The number of benzene rings is 1. The van der Waals surface area contributed by atoms with E-state index >= 15 is 0 Å². The van der Waals surface area contributed by atoms with Crippen molar-refractivity contribution in [3.8, 4) is 0 Å². The summed E-state index contributed by atoms with van der Waals surface area (Å²) in [6.07, 6.45) is 0. The monoisotopic (exact) mass is 196 g/mol. The van der Waals surface area contributed by atoms with Crippen LogP contribution in [0.3, 0.4) is 0 Å². The van der Waals surface area contributed by atoms with E-state index in [0.717, 1.165) is 7.11 Å². The standard InChI is InChI=1S/C7H8.C3H4O4/c1-7-5-3-2-4-6-7;1-7-3(6)2(4)5/h2-6H,1H3;1H3,(H,4,5). The van der Waals surface area contributed by atoms with Crippen molar-refractivity contribution in [2.45, 2.75) is 6.92 Å². The second-order valence-corrected chi connectivity index (χ2v) is 2.45. The number of rotatable bonds is 0. The molecule has 0 bridgehead atoms. The molecule has 0 spiro atoms. The molecule has 0 amide bonds. The van der Waals surface area contributed by atoms with E-state index in [2.05, 4.69) is 23.8 Å². The highest BCUT2D eigenvalue weighted by Gasteiger charge is 2.08. The molecule has 0 aromatic heterocycles. The van der Waals surface area contributed by atoms with E-state index in [9.17, 15) is 9.59 Å². The first kappa shape index (κ1) is 12.2. The molecule has 1 aromatic carbocycles. The molecule has 4 heteroatoms. The number of methoxy groups -OCH3 is 1. The highest BCUT2D eigenvalue weighted by Crippen LogP contribution is 1.92. The van der Waals surface area contributed by atoms with Crippen LogP contribution in [0.1, 0.15) is 5.56 Å². The first-order valence-corrected chi connectivity index (χ1v) is 3.90. The van der Waals surface area contributed by atoms with Gasteiger partial charge in [0.2, 0.25) is 0 Å². The van der Waals surface area contributed by atoms with E-state index in [1.54, 1.807) is 0 Å².